The van der Waals surface area contributed by atoms with Crippen LogP contribution in [0.2, 0.25) is 0 Å². The van der Waals surface area contributed by atoms with E-state index in [4.69, 9.17) is 10.5 Å². The van der Waals surface area contributed by atoms with Crippen molar-refractivity contribution in [1.29, 1.82) is 0 Å². The monoisotopic (exact) mass is 173 g/mol. The van der Waals surface area contributed by atoms with Gasteiger partial charge in [0.05, 0.1) is 12.7 Å². The molecule has 1 aliphatic heterocycles. The summed E-state index contributed by atoms with van der Waals surface area (Å²) in [5, 5.41) is 9.40. The third-order valence-electron chi connectivity index (χ3n) is 2.93. The van der Waals surface area contributed by atoms with E-state index >= 15 is 0 Å². The molecule has 3 heteroatoms. The molecular weight excluding hydrogens is 154 g/mol. The van der Waals surface area contributed by atoms with Crippen molar-refractivity contribution in [2.45, 2.75) is 38.3 Å². The van der Waals surface area contributed by atoms with Crippen LogP contribution in [-0.2, 0) is 4.74 Å². The molecule has 3 nitrogen and oxygen atoms in total. The van der Waals surface area contributed by atoms with E-state index in [-0.39, 0.29) is 17.6 Å². The molecule has 1 heterocycles. The third-order valence-corrected chi connectivity index (χ3v) is 2.93. The Bertz CT molecular complexity index is 141. The van der Waals surface area contributed by atoms with Gasteiger partial charge < -0.3 is 15.6 Å². The van der Waals surface area contributed by atoms with Crippen molar-refractivity contribution in [3.8, 4) is 0 Å². The zero-order chi connectivity index (χ0) is 9.19. The van der Waals surface area contributed by atoms with E-state index in [1.54, 1.807) is 6.92 Å². The largest absolute Gasteiger partial charge is 0.393 e. The van der Waals surface area contributed by atoms with Crippen molar-refractivity contribution >= 4 is 0 Å². The van der Waals surface area contributed by atoms with Crippen molar-refractivity contribution in [2.24, 2.45) is 11.7 Å². The summed E-state index contributed by atoms with van der Waals surface area (Å²) in [5.41, 5.74) is 5.81. The average molecular weight is 173 g/mol. The van der Waals surface area contributed by atoms with Gasteiger partial charge >= 0.3 is 0 Å². The molecule has 0 aliphatic carbocycles. The third kappa shape index (κ3) is 1.97. The quantitative estimate of drug-likeness (QED) is 0.639. The summed E-state index contributed by atoms with van der Waals surface area (Å²) in [6, 6.07) is 0. The maximum Gasteiger partial charge on any atom is 0.0649 e. The molecule has 0 amide bonds. The van der Waals surface area contributed by atoms with Gasteiger partial charge in [-0.1, -0.05) is 6.92 Å². The van der Waals surface area contributed by atoms with Crippen LogP contribution in [0.25, 0.3) is 0 Å². The highest BCUT2D eigenvalue weighted by Gasteiger charge is 2.36. The van der Waals surface area contributed by atoms with Gasteiger partial charge in [-0.2, -0.15) is 0 Å². The molecule has 3 atom stereocenters. The SMILES string of the molecule is CC(O)C(C)C1(N)CCCOC1. The normalized spacial score (nSPS) is 36.0. The van der Waals surface area contributed by atoms with Crippen LogP contribution in [0.3, 0.4) is 0 Å². The minimum atomic E-state index is -0.350. The lowest BCUT2D eigenvalue weighted by Gasteiger charge is -2.39. The molecule has 0 bridgehead atoms. The molecule has 1 fully saturated rings. The molecule has 3 N–H and O–H groups in total. The first kappa shape index (κ1) is 9.96. The van der Waals surface area contributed by atoms with Crippen LogP contribution in [0.5, 0.6) is 0 Å². The summed E-state index contributed by atoms with van der Waals surface area (Å²) in [4.78, 5) is 0. The zero-order valence-electron chi connectivity index (χ0n) is 7.92. The zero-order valence-corrected chi connectivity index (χ0v) is 7.92. The van der Waals surface area contributed by atoms with Gasteiger partial charge in [0.15, 0.2) is 0 Å². The molecule has 0 aromatic carbocycles. The van der Waals surface area contributed by atoms with Crippen LogP contribution in [0, 0.1) is 5.92 Å². The lowest BCUT2D eigenvalue weighted by molar-refractivity contribution is -0.0181. The van der Waals surface area contributed by atoms with Crippen LogP contribution in [0.4, 0.5) is 0 Å². The lowest BCUT2D eigenvalue weighted by Crippen LogP contribution is -2.55. The Balaban J connectivity index is 2.56. The Morgan fingerprint density at radius 2 is 2.17 bits per heavy atom. The fourth-order valence-corrected chi connectivity index (χ4v) is 1.68. The molecule has 0 aromatic rings. The number of ether oxygens (including phenoxy) is 1. The van der Waals surface area contributed by atoms with Gasteiger partial charge in [0.2, 0.25) is 0 Å². The molecule has 0 aromatic heterocycles. The van der Waals surface area contributed by atoms with Gasteiger partial charge in [0.1, 0.15) is 0 Å². The fourth-order valence-electron chi connectivity index (χ4n) is 1.68. The standard InChI is InChI=1S/C9H19NO2/c1-7(8(2)11)9(10)4-3-5-12-6-9/h7-8,11H,3-6,10H2,1-2H3. The smallest absolute Gasteiger partial charge is 0.0649 e. The Labute approximate surface area is 73.9 Å². The minimum Gasteiger partial charge on any atom is -0.393 e. The van der Waals surface area contributed by atoms with Gasteiger partial charge in [-0.3, -0.25) is 0 Å². The van der Waals surface area contributed by atoms with Gasteiger partial charge in [-0.25, -0.2) is 0 Å². The van der Waals surface area contributed by atoms with Crippen LogP contribution in [0.15, 0.2) is 0 Å². The highest BCUT2D eigenvalue weighted by molar-refractivity contribution is 4.93. The second-order valence-electron chi connectivity index (χ2n) is 3.92. The number of aliphatic hydroxyl groups is 1. The Kier molecular flexibility index (Phi) is 3.09. The van der Waals surface area contributed by atoms with Crippen molar-refractivity contribution in [2.75, 3.05) is 13.2 Å². The summed E-state index contributed by atoms with van der Waals surface area (Å²) in [6.45, 7) is 5.16. The lowest BCUT2D eigenvalue weighted by atomic mass is 9.79. The van der Waals surface area contributed by atoms with E-state index in [9.17, 15) is 5.11 Å². The molecule has 1 rings (SSSR count). The summed E-state index contributed by atoms with van der Waals surface area (Å²) >= 11 is 0. The molecule has 72 valence electrons. The Hall–Kier alpha value is -0.120. The van der Waals surface area contributed by atoms with Crippen LogP contribution >= 0.6 is 0 Å². The predicted octanol–water partition coefficient (Wildman–Crippen LogP) is 0.511. The van der Waals surface area contributed by atoms with E-state index in [2.05, 4.69) is 0 Å². The molecular formula is C9H19NO2. The summed E-state index contributed by atoms with van der Waals surface area (Å²) in [7, 11) is 0. The van der Waals surface area contributed by atoms with Gasteiger partial charge in [-0.05, 0) is 19.8 Å². The Morgan fingerprint density at radius 3 is 2.58 bits per heavy atom. The van der Waals surface area contributed by atoms with E-state index < -0.39 is 0 Å². The second kappa shape index (κ2) is 3.73. The van der Waals surface area contributed by atoms with Crippen LogP contribution in [0.1, 0.15) is 26.7 Å². The maximum absolute atomic E-state index is 9.40. The number of aliphatic hydroxyl groups excluding tert-OH is 1. The van der Waals surface area contributed by atoms with Gasteiger partial charge in [-0.15, -0.1) is 0 Å². The molecule has 0 spiro atoms. The minimum absolute atomic E-state index is 0.109. The number of rotatable bonds is 2. The average Bonchev–Trinajstić information content (AvgIpc) is 2.04. The highest BCUT2D eigenvalue weighted by Crippen LogP contribution is 2.26. The summed E-state index contributed by atoms with van der Waals surface area (Å²) in [6.07, 6.45) is 1.61. The van der Waals surface area contributed by atoms with Gasteiger partial charge in [0, 0.05) is 18.1 Å². The molecule has 12 heavy (non-hydrogen) atoms. The van der Waals surface area contributed by atoms with E-state index in [0.717, 1.165) is 19.4 Å². The number of hydrogen-bond donors (Lipinski definition) is 2. The molecule has 0 radical (unpaired) electrons. The summed E-state index contributed by atoms with van der Waals surface area (Å²) in [5.74, 6) is 0.109. The van der Waals surface area contributed by atoms with E-state index in [1.165, 1.54) is 0 Å². The van der Waals surface area contributed by atoms with Crippen LogP contribution in [-0.4, -0.2) is 30.0 Å². The molecule has 1 aliphatic rings. The first-order valence-electron chi connectivity index (χ1n) is 4.61. The maximum atomic E-state index is 9.40. The predicted molar refractivity (Wildman–Crippen MR) is 47.8 cm³/mol. The van der Waals surface area contributed by atoms with E-state index in [1.807, 2.05) is 6.92 Å². The molecule has 1 saturated heterocycles. The van der Waals surface area contributed by atoms with Crippen molar-refractivity contribution in [3.63, 3.8) is 0 Å². The molecule has 0 saturated carbocycles. The van der Waals surface area contributed by atoms with Crippen molar-refractivity contribution < 1.29 is 9.84 Å². The first-order valence-corrected chi connectivity index (χ1v) is 4.61. The topological polar surface area (TPSA) is 55.5 Å². The van der Waals surface area contributed by atoms with Crippen molar-refractivity contribution in [3.05, 3.63) is 0 Å². The highest BCUT2D eigenvalue weighted by atomic mass is 16.5. The van der Waals surface area contributed by atoms with E-state index in [0.29, 0.717) is 6.61 Å². The number of nitrogens with two attached hydrogens (primary N) is 1. The van der Waals surface area contributed by atoms with Gasteiger partial charge in [0.25, 0.3) is 0 Å². The van der Waals surface area contributed by atoms with Crippen molar-refractivity contribution in [1.82, 2.24) is 0 Å². The fraction of sp³-hybridized carbons (Fsp3) is 1.00. The molecule has 3 unspecified atom stereocenters. The first-order chi connectivity index (χ1) is 5.56. The summed E-state index contributed by atoms with van der Waals surface area (Å²) < 4.78 is 5.32. The Morgan fingerprint density at radius 1 is 1.50 bits per heavy atom. The van der Waals surface area contributed by atoms with Crippen LogP contribution < -0.4 is 5.73 Å². The number of hydrogen-bond acceptors (Lipinski definition) is 3. The second-order valence-corrected chi connectivity index (χ2v) is 3.92.